The molecule has 0 N–H and O–H groups in total. The summed E-state index contributed by atoms with van der Waals surface area (Å²) in [5.74, 6) is 0.983. The molecule has 0 saturated heterocycles. The molecule has 1 aliphatic rings. The van der Waals surface area contributed by atoms with Crippen LogP contribution in [0.3, 0.4) is 0 Å². The Morgan fingerprint density at radius 2 is 2.10 bits per heavy atom. The van der Waals surface area contributed by atoms with Crippen molar-refractivity contribution in [2.45, 2.75) is 31.0 Å². The number of nitriles is 1. The van der Waals surface area contributed by atoms with Crippen molar-refractivity contribution in [1.82, 2.24) is 9.55 Å². The maximum absolute atomic E-state index is 12.4. The van der Waals surface area contributed by atoms with Crippen LogP contribution in [0.1, 0.15) is 23.2 Å². The smallest absolute Gasteiger partial charge is 0.272 e. The Bertz CT molecular complexity index is 747. The monoisotopic (exact) mass is 297 g/mol. The number of hydrogen-bond donors (Lipinski definition) is 0. The molecule has 0 atom stereocenters. The zero-order chi connectivity index (χ0) is 14.7. The lowest BCUT2D eigenvalue weighted by Crippen LogP contribution is -2.29. The molecule has 0 amide bonds. The Morgan fingerprint density at radius 3 is 2.86 bits per heavy atom. The van der Waals surface area contributed by atoms with Crippen molar-refractivity contribution in [2.75, 3.05) is 5.75 Å². The lowest BCUT2D eigenvalue weighted by molar-refractivity contribution is 0.553. The first-order valence-electron chi connectivity index (χ1n) is 7.00. The summed E-state index contributed by atoms with van der Waals surface area (Å²) < 4.78 is 1.64. The Balaban J connectivity index is 1.93. The van der Waals surface area contributed by atoms with Gasteiger partial charge < -0.3 is 0 Å². The summed E-state index contributed by atoms with van der Waals surface area (Å²) in [7, 11) is 0. The summed E-state index contributed by atoms with van der Waals surface area (Å²) in [6.45, 7) is 0.668. The molecule has 2 aromatic rings. The SMILES string of the molecule is N#Cc1c(CCc2ccccc2)nc2n(c1=O)CCCS2. The number of rotatable bonds is 3. The van der Waals surface area contributed by atoms with Crippen LogP contribution >= 0.6 is 11.8 Å². The largest absolute Gasteiger partial charge is 0.286 e. The second kappa shape index (κ2) is 6.15. The zero-order valence-corrected chi connectivity index (χ0v) is 12.4. The quantitative estimate of drug-likeness (QED) is 0.816. The Kier molecular flexibility index (Phi) is 4.07. The van der Waals surface area contributed by atoms with Crippen LogP contribution < -0.4 is 5.56 Å². The molecule has 0 bridgehead atoms. The first kappa shape index (κ1) is 13.9. The van der Waals surface area contributed by atoms with Gasteiger partial charge in [0.2, 0.25) is 0 Å². The second-order valence-corrected chi connectivity index (χ2v) is 6.03. The van der Waals surface area contributed by atoms with Gasteiger partial charge in [-0.15, -0.1) is 0 Å². The van der Waals surface area contributed by atoms with Crippen LogP contribution in [0.5, 0.6) is 0 Å². The molecular formula is C16H15N3OS. The Morgan fingerprint density at radius 1 is 1.29 bits per heavy atom. The van der Waals surface area contributed by atoms with Gasteiger partial charge in [0.05, 0.1) is 5.69 Å². The normalized spacial score (nSPS) is 13.5. The van der Waals surface area contributed by atoms with E-state index >= 15 is 0 Å². The van der Waals surface area contributed by atoms with Crippen molar-refractivity contribution in [1.29, 1.82) is 5.26 Å². The molecule has 0 aliphatic carbocycles. The predicted octanol–water partition coefficient (Wildman–Crippen LogP) is 2.40. The molecule has 21 heavy (non-hydrogen) atoms. The number of fused-ring (bicyclic) bond motifs is 1. The predicted molar refractivity (Wildman–Crippen MR) is 82.4 cm³/mol. The minimum atomic E-state index is -0.183. The molecule has 0 unspecified atom stereocenters. The van der Waals surface area contributed by atoms with E-state index in [0.717, 1.165) is 23.8 Å². The van der Waals surface area contributed by atoms with Gasteiger partial charge >= 0.3 is 0 Å². The third kappa shape index (κ3) is 2.86. The maximum atomic E-state index is 12.4. The standard InChI is InChI=1S/C16H15N3OS/c17-11-13-14(8-7-12-5-2-1-3-6-12)18-16-19(15(13)20)9-4-10-21-16/h1-3,5-6H,4,7-10H2. The van der Waals surface area contributed by atoms with E-state index in [0.29, 0.717) is 18.7 Å². The van der Waals surface area contributed by atoms with Gasteiger partial charge in [0.1, 0.15) is 11.6 Å². The molecular weight excluding hydrogens is 282 g/mol. The van der Waals surface area contributed by atoms with Crippen molar-refractivity contribution in [3.05, 3.63) is 57.5 Å². The van der Waals surface area contributed by atoms with Gasteiger partial charge in [-0.1, -0.05) is 42.1 Å². The summed E-state index contributed by atoms with van der Waals surface area (Å²) in [5.41, 5.74) is 1.84. The molecule has 1 aromatic carbocycles. The number of hydrogen-bond acceptors (Lipinski definition) is 4. The molecule has 1 aromatic heterocycles. The molecule has 4 nitrogen and oxygen atoms in total. The lowest BCUT2D eigenvalue weighted by Gasteiger charge is -2.18. The highest BCUT2D eigenvalue weighted by molar-refractivity contribution is 7.99. The molecule has 2 heterocycles. The average Bonchev–Trinajstić information content (AvgIpc) is 2.54. The lowest BCUT2D eigenvalue weighted by atomic mass is 10.1. The van der Waals surface area contributed by atoms with Crippen LogP contribution in [0.4, 0.5) is 0 Å². The minimum absolute atomic E-state index is 0.183. The number of thioether (sulfide) groups is 1. The Hall–Kier alpha value is -2.06. The third-order valence-electron chi connectivity index (χ3n) is 3.57. The fraction of sp³-hybridized carbons (Fsp3) is 0.312. The van der Waals surface area contributed by atoms with Crippen LogP contribution in [0, 0.1) is 11.3 Å². The fourth-order valence-electron chi connectivity index (χ4n) is 2.47. The molecule has 0 saturated carbocycles. The van der Waals surface area contributed by atoms with Crippen LogP contribution in [0.25, 0.3) is 0 Å². The maximum Gasteiger partial charge on any atom is 0.272 e. The van der Waals surface area contributed by atoms with E-state index in [4.69, 9.17) is 0 Å². The van der Waals surface area contributed by atoms with E-state index in [9.17, 15) is 10.1 Å². The first-order valence-corrected chi connectivity index (χ1v) is 7.98. The first-order chi connectivity index (χ1) is 10.3. The van der Waals surface area contributed by atoms with Crippen LogP contribution in [-0.2, 0) is 19.4 Å². The average molecular weight is 297 g/mol. The number of aromatic nitrogens is 2. The second-order valence-electron chi connectivity index (χ2n) is 4.97. The van der Waals surface area contributed by atoms with Gasteiger partial charge in [-0.05, 0) is 24.8 Å². The summed E-state index contributed by atoms with van der Waals surface area (Å²) in [6, 6.07) is 12.1. The zero-order valence-electron chi connectivity index (χ0n) is 11.6. The van der Waals surface area contributed by atoms with E-state index in [2.05, 4.69) is 4.98 Å². The van der Waals surface area contributed by atoms with Crippen molar-refractivity contribution in [3.8, 4) is 6.07 Å². The minimum Gasteiger partial charge on any atom is -0.286 e. The summed E-state index contributed by atoms with van der Waals surface area (Å²) >= 11 is 1.60. The molecule has 0 fully saturated rings. The number of aryl methyl sites for hydroxylation is 2. The van der Waals surface area contributed by atoms with E-state index in [1.165, 1.54) is 5.56 Å². The van der Waals surface area contributed by atoms with Crippen molar-refractivity contribution in [3.63, 3.8) is 0 Å². The van der Waals surface area contributed by atoms with Crippen molar-refractivity contribution < 1.29 is 0 Å². The summed E-state index contributed by atoms with van der Waals surface area (Å²) in [5, 5.41) is 10.0. The van der Waals surface area contributed by atoms with E-state index < -0.39 is 0 Å². The van der Waals surface area contributed by atoms with Crippen LogP contribution in [0.15, 0.2) is 40.3 Å². The van der Waals surface area contributed by atoms with Crippen LogP contribution in [0.2, 0.25) is 0 Å². The number of benzene rings is 1. The molecule has 106 valence electrons. The van der Waals surface area contributed by atoms with Crippen molar-refractivity contribution in [2.24, 2.45) is 0 Å². The van der Waals surface area contributed by atoms with Gasteiger partial charge in [0.25, 0.3) is 5.56 Å². The van der Waals surface area contributed by atoms with Gasteiger partial charge in [-0.3, -0.25) is 9.36 Å². The summed E-state index contributed by atoms with van der Waals surface area (Å²) in [4.78, 5) is 16.9. The molecule has 1 aliphatic heterocycles. The highest BCUT2D eigenvalue weighted by Gasteiger charge is 2.19. The Labute approximate surface area is 127 Å². The number of nitrogens with zero attached hydrogens (tertiary/aromatic N) is 3. The van der Waals surface area contributed by atoms with Gasteiger partial charge in [0.15, 0.2) is 5.16 Å². The van der Waals surface area contributed by atoms with Gasteiger partial charge in [0, 0.05) is 12.3 Å². The van der Waals surface area contributed by atoms with Gasteiger partial charge in [-0.2, -0.15) is 5.26 Å². The van der Waals surface area contributed by atoms with E-state index in [1.807, 2.05) is 36.4 Å². The third-order valence-corrected chi connectivity index (χ3v) is 4.63. The highest BCUT2D eigenvalue weighted by atomic mass is 32.2. The molecule has 0 radical (unpaired) electrons. The van der Waals surface area contributed by atoms with E-state index in [1.54, 1.807) is 16.3 Å². The molecule has 0 spiro atoms. The van der Waals surface area contributed by atoms with Crippen LogP contribution in [-0.4, -0.2) is 15.3 Å². The highest BCUT2D eigenvalue weighted by Crippen LogP contribution is 2.22. The van der Waals surface area contributed by atoms with E-state index in [-0.39, 0.29) is 11.1 Å². The topological polar surface area (TPSA) is 58.7 Å². The fourth-order valence-corrected chi connectivity index (χ4v) is 3.43. The van der Waals surface area contributed by atoms with Crippen molar-refractivity contribution >= 4 is 11.8 Å². The van der Waals surface area contributed by atoms with Gasteiger partial charge in [-0.25, -0.2) is 4.98 Å². The molecule has 5 heteroatoms. The molecule has 3 rings (SSSR count). The summed E-state index contributed by atoms with van der Waals surface area (Å²) in [6.07, 6.45) is 2.36.